The fourth-order valence-electron chi connectivity index (χ4n) is 10.6. The lowest BCUT2D eigenvalue weighted by atomic mass is 9.73. The minimum absolute atomic E-state index is 0.0841. The SMILES string of the molecule is Cn1c2cc(N3c4ccccc4C(C)(C)c4ccccc43)ccc2c2cc3c(cc21)-c1ccc(N2c4ccccc4C(C)(C)c4ccccc42)cc1C3(C)C. The molecule has 0 radical (unpaired) electrons. The first-order chi connectivity index (χ1) is 26.5. The average Bonchev–Trinajstić information content (AvgIpc) is 3.59. The first-order valence-corrected chi connectivity index (χ1v) is 19.7. The van der Waals surface area contributed by atoms with E-state index in [4.69, 9.17) is 0 Å². The molecule has 1 aromatic heterocycles. The summed E-state index contributed by atoms with van der Waals surface area (Å²) in [5, 5.41) is 2.60. The molecule has 11 rings (SSSR count). The Morgan fingerprint density at radius 1 is 0.345 bits per heavy atom. The number of para-hydroxylation sites is 4. The van der Waals surface area contributed by atoms with Crippen molar-refractivity contribution in [3.05, 3.63) is 179 Å². The third-order valence-electron chi connectivity index (χ3n) is 13.6. The van der Waals surface area contributed by atoms with Crippen LogP contribution in [0.4, 0.5) is 34.1 Å². The Balaban J connectivity index is 1.05. The van der Waals surface area contributed by atoms with Gasteiger partial charge in [-0.1, -0.05) is 126 Å². The van der Waals surface area contributed by atoms with Gasteiger partial charge in [0.25, 0.3) is 0 Å². The molecule has 55 heavy (non-hydrogen) atoms. The minimum Gasteiger partial charge on any atom is -0.344 e. The highest BCUT2D eigenvalue weighted by Crippen LogP contribution is 2.56. The van der Waals surface area contributed by atoms with Gasteiger partial charge in [-0.3, -0.25) is 0 Å². The molecule has 0 saturated heterocycles. The van der Waals surface area contributed by atoms with E-state index in [0.717, 1.165) is 0 Å². The van der Waals surface area contributed by atoms with E-state index in [-0.39, 0.29) is 16.2 Å². The van der Waals surface area contributed by atoms with E-state index in [9.17, 15) is 0 Å². The molecule has 8 aromatic rings. The van der Waals surface area contributed by atoms with Gasteiger partial charge in [0, 0.05) is 51.0 Å². The van der Waals surface area contributed by atoms with Crippen LogP contribution in [0.3, 0.4) is 0 Å². The molecule has 7 aromatic carbocycles. The molecule has 2 aliphatic heterocycles. The van der Waals surface area contributed by atoms with E-state index in [0.29, 0.717) is 0 Å². The van der Waals surface area contributed by atoms with Gasteiger partial charge in [0.2, 0.25) is 0 Å². The van der Waals surface area contributed by atoms with Gasteiger partial charge in [0.15, 0.2) is 0 Å². The van der Waals surface area contributed by atoms with Gasteiger partial charge in [0.05, 0.1) is 28.3 Å². The number of hydrogen-bond donors (Lipinski definition) is 0. The van der Waals surface area contributed by atoms with Gasteiger partial charge < -0.3 is 14.4 Å². The summed E-state index contributed by atoms with van der Waals surface area (Å²) in [5.41, 5.74) is 20.5. The van der Waals surface area contributed by atoms with Crippen LogP contribution in [0.15, 0.2) is 146 Å². The van der Waals surface area contributed by atoms with Crippen molar-refractivity contribution in [1.82, 2.24) is 4.57 Å². The normalized spacial score (nSPS) is 16.6. The summed E-state index contributed by atoms with van der Waals surface area (Å²) in [4.78, 5) is 4.95. The highest BCUT2D eigenvalue weighted by atomic mass is 15.2. The number of benzene rings is 7. The van der Waals surface area contributed by atoms with E-state index < -0.39 is 0 Å². The Morgan fingerprint density at radius 3 is 1.25 bits per heavy atom. The predicted molar refractivity (Wildman–Crippen MR) is 232 cm³/mol. The Morgan fingerprint density at radius 2 is 0.745 bits per heavy atom. The van der Waals surface area contributed by atoms with E-state index in [1.807, 2.05) is 0 Å². The zero-order valence-corrected chi connectivity index (χ0v) is 32.7. The summed E-state index contributed by atoms with van der Waals surface area (Å²) in [5.74, 6) is 0. The van der Waals surface area contributed by atoms with Crippen molar-refractivity contribution in [2.75, 3.05) is 9.80 Å². The van der Waals surface area contributed by atoms with Gasteiger partial charge in [0.1, 0.15) is 0 Å². The number of aromatic nitrogens is 1. The van der Waals surface area contributed by atoms with E-state index in [1.165, 1.54) is 100 Å². The van der Waals surface area contributed by atoms with Gasteiger partial charge in [-0.15, -0.1) is 0 Å². The van der Waals surface area contributed by atoms with Crippen LogP contribution in [0.25, 0.3) is 32.9 Å². The minimum atomic E-state index is -0.168. The van der Waals surface area contributed by atoms with Gasteiger partial charge in [-0.25, -0.2) is 0 Å². The largest absolute Gasteiger partial charge is 0.344 e. The maximum atomic E-state index is 2.49. The van der Waals surface area contributed by atoms with Crippen molar-refractivity contribution in [2.45, 2.75) is 57.8 Å². The molecule has 0 fully saturated rings. The third-order valence-corrected chi connectivity index (χ3v) is 13.6. The monoisotopic (exact) mass is 711 g/mol. The van der Waals surface area contributed by atoms with Gasteiger partial charge in [-0.05, 0) is 105 Å². The zero-order chi connectivity index (χ0) is 37.6. The zero-order valence-electron chi connectivity index (χ0n) is 32.7. The predicted octanol–water partition coefficient (Wildman–Crippen LogP) is 13.9. The first kappa shape index (κ1) is 32.4. The molecule has 268 valence electrons. The topological polar surface area (TPSA) is 11.4 Å². The molecule has 3 heterocycles. The van der Waals surface area contributed by atoms with Gasteiger partial charge in [-0.2, -0.15) is 0 Å². The summed E-state index contributed by atoms with van der Waals surface area (Å²) in [6.07, 6.45) is 0. The second-order valence-electron chi connectivity index (χ2n) is 17.5. The Hall–Kier alpha value is -6.06. The van der Waals surface area contributed by atoms with Crippen molar-refractivity contribution in [2.24, 2.45) is 7.05 Å². The number of rotatable bonds is 2. The number of nitrogens with zero attached hydrogens (tertiary/aromatic N) is 3. The molecule has 1 aliphatic carbocycles. The molecule has 0 bridgehead atoms. The van der Waals surface area contributed by atoms with Crippen LogP contribution in [0.2, 0.25) is 0 Å². The van der Waals surface area contributed by atoms with E-state index >= 15 is 0 Å². The lowest BCUT2D eigenvalue weighted by molar-refractivity contribution is 0.631. The van der Waals surface area contributed by atoms with Crippen molar-refractivity contribution in [3.8, 4) is 11.1 Å². The third kappa shape index (κ3) is 4.16. The molecule has 0 amide bonds. The number of anilines is 6. The molecule has 0 N–H and O–H groups in total. The van der Waals surface area contributed by atoms with Crippen LogP contribution in [-0.4, -0.2) is 4.57 Å². The number of aryl methyl sites for hydroxylation is 1. The van der Waals surface area contributed by atoms with E-state index in [2.05, 4.69) is 209 Å². The fourth-order valence-corrected chi connectivity index (χ4v) is 10.6. The average molecular weight is 712 g/mol. The fraction of sp³-hybridized carbons (Fsp3) is 0.192. The van der Waals surface area contributed by atoms with Crippen molar-refractivity contribution >= 4 is 55.9 Å². The molecular formula is C52H45N3. The molecular weight excluding hydrogens is 667 g/mol. The molecule has 3 aliphatic rings. The Labute approximate surface area is 324 Å². The van der Waals surface area contributed by atoms with Crippen molar-refractivity contribution in [1.29, 1.82) is 0 Å². The molecule has 3 heteroatoms. The molecule has 0 atom stereocenters. The lowest BCUT2D eigenvalue weighted by Gasteiger charge is -2.42. The second-order valence-corrected chi connectivity index (χ2v) is 17.5. The standard InChI is InChI=1S/C52H45N3/c1-50(2)38-16-8-12-20-44(38)54(45-21-13-9-17-39(45)50)32-24-26-34-36-31-49-37(30-43(36)52(5,6)42(34)28-32)35-27-25-33(29-48(35)53(49)7)55-46-22-14-10-18-40(46)51(3,4)41-19-11-15-23-47(41)55/h8-31H,1-7H3. The van der Waals surface area contributed by atoms with Crippen LogP contribution in [0, 0.1) is 0 Å². The lowest BCUT2D eigenvalue weighted by Crippen LogP contribution is -2.30. The molecule has 0 saturated carbocycles. The summed E-state index contributed by atoms with van der Waals surface area (Å²) in [6.45, 7) is 14.2. The van der Waals surface area contributed by atoms with Gasteiger partial charge >= 0.3 is 0 Å². The second kappa shape index (κ2) is 10.8. The van der Waals surface area contributed by atoms with Crippen LogP contribution < -0.4 is 9.80 Å². The summed E-state index contributed by atoms with van der Waals surface area (Å²) < 4.78 is 2.41. The molecule has 0 unspecified atom stereocenters. The smallest absolute Gasteiger partial charge is 0.0509 e. The van der Waals surface area contributed by atoms with Crippen LogP contribution in [-0.2, 0) is 23.3 Å². The van der Waals surface area contributed by atoms with E-state index in [1.54, 1.807) is 0 Å². The van der Waals surface area contributed by atoms with Crippen molar-refractivity contribution in [3.63, 3.8) is 0 Å². The number of fused-ring (bicyclic) bond motifs is 10. The molecule has 3 nitrogen and oxygen atoms in total. The highest BCUT2D eigenvalue weighted by molar-refractivity contribution is 6.11. The maximum Gasteiger partial charge on any atom is 0.0509 e. The highest BCUT2D eigenvalue weighted by Gasteiger charge is 2.40. The quantitative estimate of drug-likeness (QED) is 0.177. The summed E-state index contributed by atoms with van der Waals surface area (Å²) in [7, 11) is 2.24. The molecule has 0 spiro atoms. The van der Waals surface area contributed by atoms with Crippen LogP contribution >= 0.6 is 0 Å². The maximum absolute atomic E-state index is 2.49. The van der Waals surface area contributed by atoms with Crippen LogP contribution in [0.1, 0.15) is 74.9 Å². The summed E-state index contributed by atoms with van der Waals surface area (Å²) in [6, 6.07) is 54.9. The van der Waals surface area contributed by atoms with Crippen molar-refractivity contribution < 1.29 is 0 Å². The first-order valence-electron chi connectivity index (χ1n) is 19.7. The Bertz CT molecular complexity index is 2840. The van der Waals surface area contributed by atoms with Crippen LogP contribution in [0.5, 0.6) is 0 Å². The Kier molecular flexibility index (Phi) is 6.35. The number of hydrogen-bond acceptors (Lipinski definition) is 2. The summed E-state index contributed by atoms with van der Waals surface area (Å²) >= 11 is 0.